The number of hydrogen-bond donors (Lipinski definition) is 1. The van der Waals surface area contributed by atoms with Crippen LogP contribution in [-0.4, -0.2) is 26.2 Å². The van der Waals surface area contributed by atoms with E-state index in [0.717, 1.165) is 21.5 Å². The van der Waals surface area contributed by atoms with E-state index in [4.69, 9.17) is 9.47 Å². The van der Waals surface area contributed by atoms with Gasteiger partial charge in [0, 0.05) is 10.9 Å². The third kappa shape index (κ3) is 7.32. The minimum Gasteiger partial charge on any atom is -0.497 e. The molecule has 0 aliphatic carbocycles. The van der Waals surface area contributed by atoms with Crippen LogP contribution in [0.4, 0.5) is 0 Å². The van der Waals surface area contributed by atoms with E-state index in [9.17, 15) is 4.79 Å². The molecule has 2 aromatic rings. The van der Waals surface area contributed by atoms with Crippen molar-refractivity contribution in [3.8, 4) is 23.3 Å². The zero-order valence-corrected chi connectivity index (χ0v) is 15.6. The summed E-state index contributed by atoms with van der Waals surface area (Å²) in [6, 6.07) is 15.3. The Kier molecular flexibility index (Phi) is 7.87. The molecule has 0 bridgehead atoms. The smallest absolute Gasteiger partial charge is 0.221 e. The van der Waals surface area contributed by atoms with E-state index in [1.54, 1.807) is 7.11 Å². The first-order valence-electron chi connectivity index (χ1n) is 7.91. The van der Waals surface area contributed by atoms with Gasteiger partial charge in [0.2, 0.25) is 5.91 Å². The Morgan fingerprint density at radius 2 is 1.92 bits per heavy atom. The second-order valence-corrected chi connectivity index (χ2v) is 6.14. The van der Waals surface area contributed by atoms with E-state index in [-0.39, 0.29) is 12.5 Å². The molecule has 5 heteroatoms. The fourth-order valence-corrected chi connectivity index (χ4v) is 2.45. The average molecular weight is 402 g/mol. The van der Waals surface area contributed by atoms with Crippen LogP contribution in [0.15, 0.2) is 53.0 Å². The molecule has 0 heterocycles. The Bertz CT molecular complexity index is 748. The van der Waals surface area contributed by atoms with Crippen LogP contribution in [0.5, 0.6) is 11.5 Å². The van der Waals surface area contributed by atoms with Crippen molar-refractivity contribution in [1.82, 2.24) is 5.32 Å². The maximum absolute atomic E-state index is 11.8. The van der Waals surface area contributed by atoms with Crippen LogP contribution in [0.25, 0.3) is 0 Å². The summed E-state index contributed by atoms with van der Waals surface area (Å²) in [5.74, 6) is 7.31. The molecule has 130 valence electrons. The van der Waals surface area contributed by atoms with Gasteiger partial charge >= 0.3 is 0 Å². The quantitative estimate of drug-likeness (QED) is 0.721. The summed E-state index contributed by atoms with van der Waals surface area (Å²) in [7, 11) is 1.63. The summed E-state index contributed by atoms with van der Waals surface area (Å²) < 4.78 is 11.6. The van der Waals surface area contributed by atoms with Crippen molar-refractivity contribution in [3.05, 3.63) is 58.6 Å². The number of carbonyl (C=O) groups is 1. The first-order valence-corrected chi connectivity index (χ1v) is 8.70. The number of hydrogen-bond acceptors (Lipinski definition) is 3. The SMILES string of the molecule is COc1ccc(CCC(=O)NCC#CCOc2cccc(Br)c2)cc1. The Balaban J connectivity index is 1.62. The molecule has 0 saturated heterocycles. The van der Waals surface area contributed by atoms with Crippen LogP contribution in [0.1, 0.15) is 12.0 Å². The van der Waals surface area contributed by atoms with E-state index in [1.165, 1.54) is 0 Å². The highest BCUT2D eigenvalue weighted by molar-refractivity contribution is 9.10. The van der Waals surface area contributed by atoms with E-state index in [0.29, 0.717) is 19.4 Å². The van der Waals surface area contributed by atoms with Gasteiger partial charge in [-0.15, -0.1) is 0 Å². The average Bonchev–Trinajstić information content (AvgIpc) is 2.63. The van der Waals surface area contributed by atoms with Gasteiger partial charge < -0.3 is 14.8 Å². The summed E-state index contributed by atoms with van der Waals surface area (Å²) >= 11 is 3.38. The molecule has 0 radical (unpaired) electrons. The lowest BCUT2D eigenvalue weighted by Crippen LogP contribution is -2.23. The molecule has 0 spiro atoms. The van der Waals surface area contributed by atoms with Crippen molar-refractivity contribution >= 4 is 21.8 Å². The topological polar surface area (TPSA) is 47.6 Å². The number of amides is 1. The molecule has 2 rings (SSSR count). The highest BCUT2D eigenvalue weighted by atomic mass is 79.9. The molecule has 2 aromatic carbocycles. The highest BCUT2D eigenvalue weighted by Crippen LogP contribution is 2.17. The lowest BCUT2D eigenvalue weighted by atomic mass is 10.1. The third-order valence-electron chi connectivity index (χ3n) is 3.41. The number of aryl methyl sites for hydroxylation is 1. The van der Waals surface area contributed by atoms with Crippen LogP contribution in [-0.2, 0) is 11.2 Å². The van der Waals surface area contributed by atoms with Crippen LogP contribution in [0.2, 0.25) is 0 Å². The minimum atomic E-state index is -0.0157. The second-order valence-electron chi connectivity index (χ2n) is 5.22. The van der Waals surface area contributed by atoms with E-state index >= 15 is 0 Å². The fourth-order valence-electron chi connectivity index (χ4n) is 2.07. The molecule has 1 amide bonds. The summed E-state index contributed by atoms with van der Waals surface area (Å²) in [5, 5.41) is 2.78. The Labute approximate surface area is 156 Å². The number of methoxy groups -OCH3 is 1. The molecule has 0 saturated carbocycles. The van der Waals surface area contributed by atoms with Gasteiger partial charge in [-0.25, -0.2) is 0 Å². The van der Waals surface area contributed by atoms with Crippen molar-refractivity contribution in [3.63, 3.8) is 0 Å². The van der Waals surface area contributed by atoms with Crippen molar-refractivity contribution in [1.29, 1.82) is 0 Å². The van der Waals surface area contributed by atoms with E-state index in [2.05, 4.69) is 33.1 Å². The third-order valence-corrected chi connectivity index (χ3v) is 3.90. The Morgan fingerprint density at radius 1 is 1.12 bits per heavy atom. The van der Waals surface area contributed by atoms with Gasteiger partial charge in [-0.2, -0.15) is 0 Å². The number of rotatable bonds is 7. The molecule has 25 heavy (non-hydrogen) atoms. The number of carbonyl (C=O) groups excluding carboxylic acids is 1. The maximum atomic E-state index is 11.8. The lowest BCUT2D eigenvalue weighted by molar-refractivity contribution is -0.120. The molecule has 4 nitrogen and oxygen atoms in total. The monoisotopic (exact) mass is 401 g/mol. The Hall–Kier alpha value is -2.45. The van der Waals surface area contributed by atoms with Crippen LogP contribution in [0, 0.1) is 11.8 Å². The summed E-state index contributed by atoms with van der Waals surface area (Å²) in [6.45, 7) is 0.613. The highest BCUT2D eigenvalue weighted by Gasteiger charge is 2.01. The summed E-state index contributed by atoms with van der Waals surface area (Å²) in [4.78, 5) is 11.8. The van der Waals surface area contributed by atoms with Gasteiger partial charge in [0.05, 0.1) is 13.7 Å². The van der Waals surface area contributed by atoms with Crippen LogP contribution >= 0.6 is 15.9 Å². The molecule has 0 aromatic heterocycles. The van der Waals surface area contributed by atoms with Crippen molar-refractivity contribution in [2.24, 2.45) is 0 Å². The Morgan fingerprint density at radius 3 is 2.64 bits per heavy atom. The molecular formula is C20H20BrNO3. The molecular weight excluding hydrogens is 382 g/mol. The van der Waals surface area contributed by atoms with Gasteiger partial charge in [-0.3, -0.25) is 4.79 Å². The molecule has 0 fully saturated rings. The van der Waals surface area contributed by atoms with E-state index < -0.39 is 0 Å². The minimum absolute atomic E-state index is 0.0157. The zero-order chi connectivity index (χ0) is 17.9. The van der Waals surface area contributed by atoms with Crippen molar-refractivity contribution < 1.29 is 14.3 Å². The van der Waals surface area contributed by atoms with Gasteiger partial charge in [-0.1, -0.05) is 46.0 Å². The molecule has 0 unspecified atom stereocenters. The number of ether oxygens (including phenoxy) is 2. The predicted molar refractivity (Wildman–Crippen MR) is 102 cm³/mol. The number of nitrogens with one attached hydrogen (secondary N) is 1. The normalized spacial score (nSPS) is 9.68. The summed E-state index contributed by atoms with van der Waals surface area (Å²) in [6.07, 6.45) is 1.12. The number of benzene rings is 2. The molecule has 0 aliphatic rings. The van der Waals surface area contributed by atoms with Crippen LogP contribution < -0.4 is 14.8 Å². The molecule has 0 atom stereocenters. The van der Waals surface area contributed by atoms with Crippen molar-refractivity contribution in [2.45, 2.75) is 12.8 Å². The van der Waals surface area contributed by atoms with E-state index in [1.807, 2.05) is 48.5 Å². The lowest BCUT2D eigenvalue weighted by Gasteiger charge is -2.04. The van der Waals surface area contributed by atoms with Gasteiger partial charge in [0.1, 0.15) is 18.1 Å². The van der Waals surface area contributed by atoms with Gasteiger partial charge in [0.15, 0.2) is 0 Å². The largest absolute Gasteiger partial charge is 0.497 e. The van der Waals surface area contributed by atoms with Crippen LogP contribution in [0.3, 0.4) is 0 Å². The fraction of sp³-hybridized carbons (Fsp3) is 0.250. The standard InChI is InChI=1S/C20H20BrNO3/c1-24-18-10-7-16(8-11-18)9-12-20(23)22-13-2-3-14-25-19-6-4-5-17(21)15-19/h4-8,10-11,15H,9,12-14H2,1H3,(H,22,23). The second kappa shape index (κ2) is 10.4. The zero-order valence-electron chi connectivity index (χ0n) is 14.0. The first kappa shape index (κ1) is 18.9. The van der Waals surface area contributed by atoms with Gasteiger partial charge in [-0.05, 0) is 42.3 Å². The predicted octanol–water partition coefficient (Wildman–Crippen LogP) is 3.59. The molecule has 0 aliphatic heterocycles. The molecule has 1 N–H and O–H groups in total. The summed E-state index contributed by atoms with van der Waals surface area (Å²) in [5.41, 5.74) is 1.10. The van der Waals surface area contributed by atoms with Crippen molar-refractivity contribution in [2.75, 3.05) is 20.3 Å². The number of halogens is 1. The maximum Gasteiger partial charge on any atom is 0.221 e. The van der Waals surface area contributed by atoms with Gasteiger partial charge in [0.25, 0.3) is 0 Å². The first-order chi connectivity index (χ1) is 12.2.